The summed E-state index contributed by atoms with van der Waals surface area (Å²) >= 11 is 0. The number of aromatic amines is 1. The van der Waals surface area contributed by atoms with Gasteiger partial charge in [0.1, 0.15) is 4.90 Å². The Balaban J connectivity index is 1.71. The number of aromatic nitrogens is 3. The SMILES string of the molecule is CS(=O)(=O)c1cn[nH]c1CC1CCCN(C(=O)c2ccncc2)C1. The van der Waals surface area contributed by atoms with Gasteiger partial charge in [0, 0.05) is 37.3 Å². The van der Waals surface area contributed by atoms with Crippen LogP contribution in [0, 0.1) is 5.92 Å². The molecule has 1 amide bonds. The van der Waals surface area contributed by atoms with E-state index >= 15 is 0 Å². The van der Waals surface area contributed by atoms with Crippen molar-refractivity contribution in [3.63, 3.8) is 0 Å². The predicted octanol–water partition coefficient (Wildman–Crippen LogP) is 1.30. The molecule has 1 fully saturated rings. The topological polar surface area (TPSA) is 96.0 Å². The van der Waals surface area contributed by atoms with Crippen LogP contribution in [0.25, 0.3) is 0 Å². The number of likely N-dealkylation sites (tertiary alicyclic amines) is 1. The van der Waals surface area contributed by atoms with Crippen molar-refractivity contribution in [2.45, 2.75) is 24.2 Å². The first-order valence-corrected chi connectivity index (χ1v) is 9.76. The molecule has 8 heteroatoms. The number of hydrogen-bond acceptors (Lipinski definition) is 5. The summed E-state index contributed by atoms with van der Waals surface area (Å²) in [6.45, 7) is 1.34. The third kappa shape index (κ3) is 3.64. The quantitative estimate of drug-likeness (QED) is 0.898. The highest BCUT2D eigenvalue weighted by Gasteiger charge is 2.26. The van der Waals surface area contributed by atoms with E-state index in [9.17, 15) is 13.2 Å². The molecule has 3 heterocycles. The van der Waals surface area contributed by atoms with Crippen LogP contribution in [-0.4, -0.2) is 53.8 Å². The van der Waals surface area contributed by atoms with E-state index < -0.39 is 9.84 Å². The van der Waals surface area contributed by atoms with Crippen molar-refractivity contribution in [3.8, 4) is 0 Å². The molecular weight excluding hydrogens is 328 g/mol. The van der Waals surface area contributed by atoms with E-state index in [1.54, 1.807) is 24.5 Å². The van der Waals surface area contributed by atoms with Gasteiger partial charge in [-0.3, -0.25) is 14.9 Å². The predicted molar refractivity (Wildman–Crippen MR) is 88.3 cm³/mol. The van der Waals surface area contributed by atoms with E-state index in [4.69, 9.17) is 0 Å². The number of nitrogens with zero attached hydrogens (tertiary/aromatic N) is 3. The molecule has 128 valence electrons. The lowest BCUT2D eigenvalue weighted by molar-refractivity contribution is 0.0672. The average Bonchev–Trinajstić information content (AvgIpc) is 3.04. The molecule has 0 radical (unpaired) electrons. The fourth-order valence-corrected chi connectivity index (χ4v) is 3.97. The van der Waals surface area contributed by atoms with Crippen LogP contribution >= 0.6 is 0 Å². The Bertz CT molecular complexity index is 817. The van der Waals surface area contributed by atoms with E-state index in [1.807, 2.05) is 4.90 Å². The van der Waals surface area contributed by atoms with E-state index in [1.165, 1.54) is 12.5 Å². The highest BCUT2D eigenvalue weighted by Crippen LogP contribution is 2.24. The molecule has 2 aromatic heterocycles. The van der Waals surface area contributed by atoms with Crippen molar-refractivity contribution in [2.75, 3.05) is 19.3 Å². The molecule has 0 saturated carbocycles. The molecule has 0 aromatic carbocycles. The van der Waals surface area contributed by atoms with Crippen LogP contribution in [0.2, 0.25) is 0 Å². The summed E-state index contributed by atoms with van der Waals surface area (Å²) in [7, 11) is -3.29. The van der Waals surface area contributed by atoms with Gasteiger partial charge in [-0.1, -0.05) is 0 Å². The van der Waals surface area contributed by atoms with Crippen molar-refractivity contribution < 1.29 is 13.2 Å². The van der Waals surface area contributed by atoms with Crippen LogP contribution in [0.3, 0.4) is 0 Å². The van der Waals surface area contributed by atoms with Gasteiger partial charge < -0.3 is 4.90 Å². The Hall–Kier alpha value is -2.22. The minimum absolute atomic E-state index is 0.00459. The van der Waals surface area contributed by atoms with Gasteiger partial charge in [-0.05, 0) is 37.3 Å². The minimum atomic E-state index is -3.29. The van der Waals surface area contributed by atoms with Crippen molar-refractivity contribution in [1.82, 2.24) is 20.1 Å². The molecule has 0 bridgehead atoms. The van der Waals surface area contributed by atoms with Crippen molar-refractivity contribution in [3.05, 3.63) is 42.0 Å². The summed E-state index contributed by atoms with van der Waals surface area (Å²) in [6, 6.07) is 3.42. The Morgan fingerprint density at radius 1 is 1.38 bits per heavy atom. The summed E-state index contributed by atoms with van der Waals surface area (Å²) in [4.78, 5) is 18.6. The van der Waals surface area contributed by atoms with Crippen LogP contribution in [-0.2, 0) is 16.3 Å². The lowest BCUT2D eigenvalue weighted by atomic mass is 9.93. The number of carbonyl (C=O) groups is 1. The molecular formula is C16H20N4O3S. The average molecular weight is 348 g/mol. The zero-order valence-corrected chi connectivity index (χ0v) is 14.3. The largest absolute Gasteiger partial charge is 0.338 e. The first kappa shape index (κ1) is 16.6. The highest BCUT2D eigenvalue weighted by molar-refractivity contribution is 7.90. The monoisotopic (exact) mass is 348 g/mol. The number of rotatable bonds is 4. The van der Waals surface area contributed by atoms with Crippen LogP contribution in [0.5, 0.6) is 0 Å². The Morgan fingerprint density at radius 3 is 2.83 bits per heavy atom. The molecule has 0 aliphatic carbocycles. The number of nitrogens with one attached hydrogen (secondary N) is 1. The summed E-state index contributed by atoms with van der Waals surface area (Å²) in [5.74, 6) is 0.209. The number of amides is 1. The maximum atomic E-state index is 12.6. The van der Waals surface area contributed by atoms with Gasteiger partial charge in [-0.15, -0.1) is 0 Å². The number of sulfone groups is 1. The second kappa shape index (κ2) is 6.72. The van der Waals surface area contributed by atoms with Crippen LogP contribution in [0.15, 0.2) is 35.6 Å². The molecule has 3 rings (SSSR count). The maximum absolute atomic E-state index is 12.6. The minimum Gasteiger partial charge on any atom is -0.338 e. The summed E-state index contributed by atoms with van der Waals surface area (Å²) < 4.78 is 23.6. The van der Waals surface area contributed by atoms with Crippen molar-refractivity contribution in [2.24, 2.45) is 5.92 Å². The first-order chi connectivity index (χ1) is 11.4. The zero-order chi connectivity index (χ0) is 17.2. The van der Waals surface area contributed by atoms with Gasteiger partial charge >= 0.3 is 0 Å². The number of H-pyrrole nitrogens is 1. The highest BCUT2D eigenvalue weighted by atomic mass is 32.2. The van der Waals surface area contributed by atoms with E-state index in [2.05, 4.69) is 15.2 Å². The van der Waals surface area contributed by atoms with Crippen LogP contribution < -0.4 is 0 Å². The molecule has 1 aliphatic heterocycles. The Labute approximate surface area is 141 Å². The molecule has 1 atom stereocenters. The van der Waals surface area contributed by atoms with Crippen molar-refractivity contribution in [1.29, 1.82) is 0 Å². The van der Waals surface area contributed by atoms with E-state index in [0.29, 0.717) is 24.2 Å². The van der Waals surface area contributed by atoms with E-state index in [0.717, 1.165) is 19.4 Å². The van der Waals surface area contributed by atoms with Crippen LogP contribution in [0.4, 0.5) is 0 Å². The summed E-state index contributed by atoms with van der Waals surface area (Å²) in [5, 5.41) is 6.66. The van der Waals surface area contributed by atoms with E-state index in [-0.39, 0.29) is 16.7 Å². The third-order valence-corrected chi connectivity index (χ3v) is 5.46. The molecule has 1 unspecified atom stereocenters. The second-order valence-corrected chi connectivity index (χ2v) is 8.17. The maximum Gasteiger partial charge on any atom is 0.253 e. The number of carbonyl (C=O) groups excluding carboxylic acids is 1. The van der Waals surface area contributed by atoms with Gasteiger partial charge in [-0.25, -0.2) is 8.42 Å². The second-order valence-electron chi connectivity index (χ2n) is 6.18. The molecule has 0 spiro atoms. The summed E-state index contributed by atoms with van der Waals surface area (Å²) in [6.07, 6.45) is 8.19. The van der Waals surface area contributed by atoms with Crippen molar-refractivity contribution >= 4 is 15.7 Å². The normalized spacial score (nSPS) is 18.5. The smallest absolute Gasteiger partial charge is 0.253 e. The Morgan fingerprint density at radius 2 is 2.12 bits per heavy atom. The fraction of sp³-hybridized carbons (Fsp3) is 0.438. The number of piperidine rings is 1. The first-order valence-electron chi connectivity index (χ1n) is 7.87. The molecule has 7 nitrogen and oxygen atoms in total. The fourth-order valence-electron chi connectivity index (χ4n) is 3.15. The molecule has 1 saturated heterocycles. The lowest BCUT2D eigenvalue weighted by Crippen LogP contribution is -2.40. The zero-order valence-electron chi connectivity index (χ0n) is 13.5. The van der Waals surface area contributed by atoms with Gasteiger partial charge in [0.25, 0.3) is 5.91 Å². The Kier molecular flexibility index (Phi) is 4.66. The van der Waals surface area contributed by atoms with Gasteiger partial charge in [0.2, 0.25) is 0 Å². The molecule has 1 aliphatic rings. The molecule has 1 N–H and O–H groups in total. The number of hydrogen-bond donors (Lipinski definition) is 1. The lowest BCUT2D eigenvalue weighted by Gasteiger charge is -2.32. The van der Waals surface area contributed by atoms with Gasteiger partial charge in [0.15, 0.2) is 9.84 Å². The van der Waals surface area contributed by atoms with Gasteiger partial charge in [-0.2, -0.15) is 5.10 Å². The summed E-state index contributed by atoms with van der Waals surface area (Å²) in [5.41, 5.74) is 1.25. The van der Waals surface area contributed by atoms with Gasteiger partial charge in [0.05, 0.1) is 11.9 Å². The number of pyridine rings is 1. The standard InChI is InChI=1S/C16H20N4O3S/c1-24(22,23)15-10-18-19-14(15)9-12-3-2-8-20(11-12)16(21)13-4-6-17-7-5-13/h4-7,10,12H,2-3,8-9,11H2,1H3,(H,18,19). The van der Waals surface area contributed by atoms with Crippen LogP contribution in [0.1, 0.15) is 28.9 Å². The molecule has 2 aromatic rings. The molecule has 24 heavy (non-hydrogen) atoms. The third-order valence-electron chi connectivity index (χ3n) is 4.30.